The van der Waals surface area contributed by atoms with Gasteiger partial charge in [0.1, 0.15) is 11.2 Å². The van der Waals surface area contributed by atoms with E-state index >= 15 is 0 Å². The van der Waals surface area contributed by atoms with Crippen LogP contribution in [0.5, 0.6) is 0 Å². The van der Waals surface area contributed by atoms with E-state index in [1.165, 1.54) is 0 Å². The van der Waals surface area contributed by atoms with Crippen LogP contribution in [0.15, 0.2) is 11.6 Å². The topological polar surface area (TPSA) is 105 Å². The van der Waals surface area contributed by atoms with E-state index in [9.17, 15) is 19.2 Å². The lowest BCUT2D eigenvalue weighted by atomic mass is 9.83. The maximum atomic E-state index is 12.6. The summed E-state index contributed by atoms with van der Waals surface area (Å²) >= 11 is 0. The lowest BCUT2D eigenvalue weighted by Gasteiger charge is -2.25. The molecular weight excluding hydrogens is 380 g/mol. The molecule has 0 N–H and O–H groups in total. The van der Waals surface area contributed by atoms with Gasteiger partial charge >= 0.3 is 23.9 Å². The Hall–Kier alpha value is -2.38. The molecule has 2 aliphatic carbocycles. The summed E-state index contributed by atoms with van der Waals surface area (Å²) in [5.41, 5.74) is -0.565. The monoisotopic (exact) mass is 410 g/mol. The summed E-state index contributed by atoms with van der Waals surface area (Å²) < 4.78 is 20.5. The standard InChI is InChI=1S/C21H30O8/c1-20(2,3)28-14(22)10-26-18(24)16-12-7-8-13(9-12)17(16)19(25)27-11-15(23)29-21(4,5)6/h7,13,16-17H,8-11H2,1-6H3. The van der Waals surface area contributed by atoms with E-state index in [1.807, 2.05) is 6.08 Å². The molecule has 2 rings (SSSR count). The number of allylic oxidation sites excluding steroid dienone is 1. The highest BCUT2D eigenvalue weighted by molar-refractivity contribution is 5.88. The van der Waals surface area contributed by atoms with Crippen molar-refractivity contribution in [3.63, 3.8) is 0 Å². The van der Waals surface area contributed by atoms with Crippen LogP contribution in [0.3, 0.4) is 0 Å². The average molecular weight is 410 g/mol. The van der Waals surface area contributed by atoms with E-state index in [-0.39, 0.29) is 5.92 Å². The first-order valence-corrected chi connectivity index (χ1v) is 9.73. The summed E-state index contributed by atoms with van der Waals surface area (Å²) in [5.74, 6) is -4.22. The second kappa shape index (κ2) is 8.55. The Labute approximate surface area is 170 Å². The Morgan fingerprint density at radius 3 is 1.83 bits per heavy atom. The van der Waals surface area contributed by atoms with Crippen molar-refractivity contribution in [3.8, 4) is 0 Å². The fourth-order valence-corrected chi connectivity index (χ4v) is 3.62. The van der Waals surface area contributed by atoms with Crippen LogP contribution >= 0.6 is 0 Å². The minimum absolute atomic E-state index is 0.0739. The van der Waals surface area contributed by atoms with Crippen LogP contribution in [0.1, 0.15) is 54.4 Å². The van der Waals surface area contributed by atoms with Crippen molar-refractivity contribution in [1.82, 2.24) is 0 Å². The third-order valence-corrected chi connectivity index (χ3v) is 4.48. The first-order valence-electron chi connectivity index (χ1n) is 9.73. The van der Waals surface area contributed by atoms with Crippen LogP contribution in [0, 0.1) is 17.8 Å². The zero-order valence-electron chi connectivity index (χ0n) is 17.9. The van der Waals surface area contributed by atoms with E-state index in [0.29, 0.717) is 12.8 Å². The van der Waals surface area contributed by atoms with E-state index in [1.54, 1.807) is 41.5 Å². The number of hydrogen-bond donors (Lipinski definition) is 0. The second-order valence-corrected chi connectivity index (χ2v) is 9.37. The van der Waals surface area contributed by atoms with Gasteiger partial charge in [-0.2, -0.15) is 0 Å². The number of hydrogen-bond acceptors (Lipinski definition) is 8. The van der Waals surface area contributed by atoms with Crippen LogP contribution in [0.4, 0.5) is 0 Å². The average Bonchev–Trinajstić information content (AvgIpc) is 3.15. The third-order valence-electron chi connectivity index (χ3n) is 4.48. The first kappa shape index (κ1) is 22.9. The van der Waals surface area contributed by atoms with Crippen LogP contribution in [0.2, 0.25) is 0 Å². The quantitative estimate of drug-likeness (QED) is 0.373. The molecule has 162 valence electrons. The molecule has 2 bridgehead atoms. The lowest BCUT2D eigenvalue weighted by Crippen LogP contribution is -2.36. The van der Waals surface area contributed by atoms with Gasteiger partial charge in [-0.1, -0.05) is 11.6 Å². The summed E-state index contributed by atoms with van der Waals surface area (Å²) in [7, 11) is 0. The van der Waals surface area contributed by atoms with Crippen molar-refractivity contribution in [2.75, 3.05) is 13.2 Å². The number of carbonyl (C=O) groups is 4. The van der Waals surface area contributed by atoms with Crippen molar-refractivity contribution in [1.29, 1.82) is 0 Å². The van der Waals surface area contributed by atoms with Gasteiger partial charge in [0, 0.05) is 0 Å². The molecule has 29 heavy (non-hydrogen) atoms. The Balaban J connectivity index is 1.94. The smallest absolute Gasteiger partial charge is 0.344 e. The van der Waals surface area contributed by atoms with Gasteiger partial charge < -0.3 is 18.9 Å². The molecule has 0 heterocycles. The predicted octanol–water partition coefficient (Wildman–Crippen LogP) is 2.34. The first-order chi connectivity index (χ1) is 13.3. The van der Waals surface area contributed by atoms with Crippen LogP contribution in [0.25, 0.3) is 0 Å². The largest absolute Gasteiger partial charge is 0.457 e. The SMILES string of the molecule is CC(C)(C)OC(=O)COC(=O)C1C2=CCC(C2)C1C(=O)OCC(=O)OC(C)(C)C. The number of rotatable bonds is 6. The van der Waals surface area contributed by atoms with Gasteiger partial charge in [-0.05, 0) is 60.3 Å². The van der Waals surface area contributed by atoms with Crippen LogP contribution < -0.4 is 0 Å². The molecule has 0 aromatic carbocycles. The molecule has 1 fully saturated rings. The van der Waals surface area contributed by atoms with E-state index in [2.05, 4.69) is 0 Å². The van der Waals surface area contributed by atoms with Crippen LogP contribution in [-0.4, -0.2) is 48.3 Å². The summed E-state index contributed by atoms with van der Waals surface area (Å²) in [4.78, 5) is 48.7. The van der Waals surface area contributed by atoms with Gasteiger partial charge in [-0.25, -0.2) is 9.59 Å². The van der Waals surface area contributed by atoms with Gasteiger partial charge in [0.2, 0.25) is 0 Å². The minimum Gasteiger partial charge on any atom is -0.457 e. The Morgan fingerprint density at radius 2 is 1.34 bits per heavy atom. The lowest BCUT2D eigenvalue weighted by molar-refractivity contribution is -0.173. The molecule has 0 saturated heterocycles. The molecule has 1 saturated carbocycles. The normalized spacial score (nSPS) is 23.2. The maximum Gasteiger partial charge on any atom is 0.344 e. The third kappa shape index (κ3) is 6.58. The number of fused-ring (bicyclic) bond motifs is 2. The fourth-order valence-electron chi connectivity index (χ4n) is 3.62. The number of esters is 4. The Bertz CT molecular complexity index is 707. The van der Waals surface area contributed by atoms with Crippen molar-refractivity contribution in [2.24, 2.45) is 17.8 Å². The molecule has 0 aliphatic heterocycles. The fraction of sp³-hybridized carbons (Fsp3) is 0.714. The van der Waals surface area contributed by atoms with E-state index in [0.717, 1.165) is 5.57 Å². The summed E-state index contributed by atoms with van der Waals surface area (Å²) in [6, 6.07) is 0. The molecular formula is C21H30O8. The summed E-state index contributed by atoms with van der Waals surface area (Å²) in [5, 5.41) is 0. The Kier molecular flexibility index (Phi) is 6.75. The van der Waals surface area contributed by atoms with Crippen molar-refractivity contribution in [3.05, 3.63) is 11.6 Å². The van der Waals surface area contributed by atoms with Gasteiger partial charge in [0.15, 0.2) is 13.2 Å². The van der Waals surface area contributed by atoms with E-state index < -0.39 is 60.1 Å². The molecule has 3 atom stereocenters. The molecule has 0 spiro atoms. The molecule has 2 aliphatic rings. The number of carbonyl (C=O) groups excluding carboxylic acids is 4. The molecule has 3 unspecified atom stereocenters. The molecule has 0 radical (unpaired) electrons. The maximum absolute atomic E-state index is 12.6. The highest BCUT2D eigenvalue weighted by atomic mass is 16.6. The van der Waals surface area contributed by atoms with Crippen molar-refractivity contribution in [2.45, 2.75) is 65.6 Å². The molecule has 0 aromatic rings. The molecule has 0 amide bonds. The summed E-state index contributed by atoms with van der Waals surface area (Å²) in [6.07, 6.45) is 3.18. The number of ether oxygens (including phenoxy) is 4. The zero-order valence-corrected chi connectivity index (χ0v) is 17.9. The van der Waals surface area contributed by atoms with Gasteiger partial charge in [-0.3, -0.25) is 9.59 Å². The molecule has 8 nitrogen and oxygen atoms in total. The highest BCUT2D eigenvalue weighted by Gasteiger charge is 2.51. The molecule has 0 aromatic heterocycles. The van der Waals surface area contributed by atoms with Crippen molar-refractivity contribution >= 4 is 23.9 Å². The van der Waals surface area contributed by atoms with E-state index in [4.69, 9.17) is 18.9 Å². The van der Waals surface area contributed by atoms with Crippen molar-refractivity contribution < 1.29 is 38.1 Å². The molecule has 8 heteroatoms. The highest BCUT2D eigenvalue weighted by Crippen LogP contribution is 2.49. The van der Waals surface area contributed by atoms with Gasteiger partial charge in [-0.15, -0.1) is 0 Å². The predicted molar refractivity (Wildman–Crippen MR) is 101 cm³/mol. The second-order valence-electron chi connectivity index (χ2n) is 9.37. The van der Waals surface area contributed by atoms with Gasteiger partial charge in [0.25, 0.3) is 0 Å². The zero-order chi connectivity index (χ0) is 22.0. The van der Waals surface area contributed by atoms with Gasteiger partial charge in [0.05, 0.1) is 11.8 Å². The Morgan fingerprint density at radius 1 is 0.862 bits per heavy atom. The summed E-state index contributed by atoms with van der Waals surface area (Å²) in [6.45, 7) is 9.24. The minimum atomic E-state index is -0.803. The van der Waals surface area contributed by atoms with Crippen LogP contribution in [-0.2, 0) is 38.1 Å².